The van der Waals surface area contributed by atoms with E-state index >= 15 is 0 Å². The van der Waals surface area contributed by atoms with Gasteiger partial charge in [-0.1, -0.05) is 48.0 Å². The van der Waals surface area contributed by atoms with Gasteiger partial charge in [-0.15, -0.1) is 0 Å². The Morgan fingerprint density at radius 3 is 2.38 bits per heavy atom. The van der Waals surface area contributed by atoms with Gasteiger partial charge in [0.15, 0.2) is 0 Å². The fourth-order valence-electron chi connectivity index (χ4n) is 3.35. The molecule has 0 aliphatic carbocycles. The van der Waals surface area contributed by atoms with Crippen molar-refractivity contribution in [2.24, 2.45) is 0 Å². The number of benzene rings is 2. The van der Waals surface area contributed by atoms with Crippen molar-refractivity contribution in [3.8, 4) is 28.5 Å². The molecule has 0 spiro atoms. The standard InChI is InChI=1S/C23H15ClN4O/c24-17-11-12-21(26-14-17)28-22(27-20-5-2-1-4-18(20)23(28)29)16-9-7-15(8-10-16)19-6-3-13-25-19/h1-14,25H. The van der Waals surface area contributed by atoms with Crippen LogP contribution in [-0.4, -0.2) is 19.5 Å². The van der Waals surface area contributed by atoms with E-state index in [9.17, 15) is 4.79 Å². The summed E-state index contributed by atoms with van der Waals surface area (Å²) >= 11 is 5.99. The van der Waals surface area contributed by atoms with Crippen LogP contribution in [-0.2, 0) is 0 Å². The number of nitrogens with zero attached hydrogens (tertiary/aromatic N) is 3. The first-order chi connectivity index (χ1) is 14.2. The molecule has 0 amide bonds. The highest BCUT2D eigenvalue weighted by atomic mass is 35.5. The lowest BCUT2D eigenvalue weighted by Crippen LogP contribution is -2.22. The molecule has 29 heavy (non-hydrogen) atoms. The number of nitrogens with one attached hydrogen (secondary N) is 1. The van der Waals surface area contributed by atoms with Crippen molar-refractivity contribution < 1.29 is 0 Å². The molecule has 0 atom stereocenters. The summed E-state index contributed by atoms with van der Waals surface area (Å²) in [6.07, 6.45) is 3.41. The van der Waals surface area contributed by atoms with E-state index in [-0.39, 0.29) is 5.56 Å². The minimum Gasteiger partial charge on any atom is -0.361 e. The first kappa shape index (κ1) is 17.4. The SMILES string of the molecule is O=c1c2ccccc2nc(-c2ccc(-c3ccc[nH]3)cc2)n1-c1ccc(Cl)cn1. The highest BCUT2D eigenvalue weighted by molar-refractivity contribution is 6.30. The molecule has 5 aromatic rings. The lowest BCUT2D eigenvalue weighted by atomic mass is 10.1. The Balaban J connectivity index is 1.75. The molecule has 3 heterocycles. The fourth-order valence-corrected chi connectivity index (χ4v) is 3.46. The maximum atomic E-state index is 13.3. The van der Waals surface area contributed by atoms with Gasteiger partial charge in [0.25, 0.3) is 5.56 Å². The molecule has 5 rings (SSSR count). The third-order valence-electron chi connectivity index (χ3n) is 4.77. The van der Waals surface area contributed by atoms with Gasteiger partial charge in [-0.3, -0.25) is 4.79 Å². The summed E-state index contributed by atoms with van der Waals surface area (Å²) in [7, 11) is 0. The molecule has 0 aliphatic rings. The van der Waals surface area contributed by atoms with Gasteiger partial charge in [0, 0.05) is 23.7 Å². The second-order valence-electron chi connectivity index (χ2n) is 6.59. The number of fused-ring (bicyclic) bond motifs is 1. The summed E-state index contributed by atoms with van der Waals surface area (Å²) in [5.74, 6) is 1.00. The van der Waals surface area contributed by atoms with Crippen molar-refractivity contribution in [3.63, 3.8) is 0 Å². The highest BCUT2D eigenvalue weighted by Gasteiger charge is 2.15. The Morgan fingerprint density at radius 2 is 1.66 bits per heavy atom. The molecule has 2 aromatic carbocycles. The Hall–Kier alpha value is -3.70. The summed E-state index contributed by atoms with van der Waals surface area (Å²) in [6.45, 7) is 0. The van der Waals surface area contributed by atoms with E-state index in [1.807, 2.05) is 60.8 Å². The van der Waals surface area contributed by atoms with E-state index in [1.165, 1.54) is 10.8 Å². The van der Waals surface area contributed by atoms with Crippen molar-refractivity contribution in [1.29, 1.82) is 0 Å². The topological polar surface area (TPSA) is 63.6 Å². The normalized spacial score (nSPS) is 11.1. The summed E-state index contributed by atoms with van der Waals surface area (Å²) in [4.78, 5) is 25.6. The smallest absolute Gasteiger partial charge is 0.267 e. The highest BCUT2D eigenvalue weighted by Crippen LogP contribution is 2.25. The zero-order chi connectivity index (χ0) is 19.8. The van der Waals surface area contributed by atoms with Gasteiger partial charge >= 0.3 is 0 Å². The van der Waals surface area contributed by atoms with E-state index in [2.05, 4.69) is 9.97 Å². The molecule has 0 bridgehead atoms. The lowest BCUT2D eigenvalue weighted by Gasteiger charge is -2.13. The molecule has 5 nitrogen and oxygen atoms in total. The minimum atomic E-state index is -0.172. The molecule has 3 aromatic heterocycles. The van der Waals surface area contributed by atoms with Gasteiger partial charge in [0.1, 0.15) is 11.6 Å². The van der Waals surface area contributed by atoms with Crippen LogP contribution >= 0.6 is 11.6 Å². The number of aromatic amines is 1. The summed E-state index contributed by atoms with van der Waals surface area (Å²) in [5, 5.41) is 1.04. The molecule has 6 heteroatoms. The van der Waals surface area contributed by atoms with Crippen LogP contribution in [0.2, 0.25) is 5.02 Å². The van der Waals surface area contributed by atoms with Crippen LogP contribution in [0.25, 0.3) is 39.4 Å². The Labute approximate surface area is 171 Å². The zero-order valence-electron chi connectivity index (χ0n) is 15.2. The number of hydrogen-bond acceptors (Lipinski definition) is 3. The summed E-state index contributed by atoms with van der Waals surface area (Å²) in [6, 6.07) is 22.6. The maximum Gasteiger partial charge on any atom is 0.267 e. The number of hydrogen-bond donors (Lipinski definition) is 1. The van der Waals surface area contributed by atoms with E-state index < -0.39 is 0 Å². The van der Waals surface area contributed by atoms with E-state index in [0.29, 0.717) is 27.6 Å². The van der Waals surface area contributed by atoms with E-state index in [4.69, 9.17) is 16.6 Å². The largest absolute Gasteiger partial charge is 0.361 e. The third-order valence-corrected chi connectivity index (χ3v) is 4.99. The second kappa shape index (κ2) is 7.04. The molecule has 0 aliphatic heterocycles. The molecule has 0 unspecified atom stereocenters. The van der Waals surface area contributed by atoms with Crippen molar-refractivity contribution in [3.05, 3.63) is 101 Å². The molecule has 0 saturated heterocycles. The van der Waals surface area contributed by atoms with Crippen LogP contribution < -0.4 is 5.56 Å². The van der Waals surface area contributed by atoms with Crippen molar-refractivity contribution >= 4 is 22.5 Å². The number of aromatic nitrogens is 4. The number of halogens is 1. The minimum absolute atomic E-state index is 0.172. The van der Waals surface area contributed by atoms with Crippen LogP contribution in [0.15, 0.2) is 90.0 Å². The quantitative estimate of drug-likeness (QED) is 0.460. The van der Waals surface area contributed by atoms with Gasteiger partial charge in [0.2, 0.25) is 0 Å². The third kappa shape index (κ3) is 3.11. The van der Waals surface area contributed by atoms with Crippen molar-refractivity contribution in [2.45, 2.75) is 0 Å². The number of pyridine rings is 1. The van der Waals surface area contributed by atoms with Crippen LogP contribution in [0.4, 0.5) is 0 Å². The van der Waals surface area contributed by atoms with E-state index in [1.54, 1.807) is 18.2 Å². The van der Waals surface area contributed by atoms with Crippen LogP contribution in [0.5, 0.6) is 0 Å². The predicted octanol–water partition coefficient (Wildman–Crippen LogP) is 5.10. The lowest BCUT2D eigenvalue weighted by molar-refractivity contribution is 0.932. The molecule has 0 fully saturated rings. The average Bonchev–Trinajstić information content (AvgIpc) is 3.30. The van der Waals surface area contributed by atoms with Gasteiger partial charge in [0.05, 0.1) is 15.9 Å². The Bertz CT molecular complexity index is 1360. The summed E-state index contributed by atoms with van der Waals surface area (Å²) in [5.41, 5.74) is 3.37. The molecular formula is C23H15ClN4O. The Morgan fingerprint density at radius 1 is 0.862 bits per heavy atom. The fraction of sp³-hybridized carbons (Fsp3) is 0. The number of rotatable bonds is 3. The Kier molecular flexibility index (Phi) is 4.22. The molecular weight excluding hydrogens is 384 g/mol. The second-order valence-corrected chi connectivity index (χ2v) is 7.03. The maximum absolute atomic E-state index is 13.3. The van der Waals surface area contributed by atoms with Gasteiger partial charge < -0.3 is 4.98 Å². The van der Waals surface area contributed by atoms with Crippen molar-refractivity contribution in [1.82, 2.24) is 19.5 Å². The van der Waals surface area contributed by atoms with Crippen LogP contribution in [0.1, 0.15) is 0 Å². The van der Waals surface area contributed by atoms with Gasteiger partial charge in [-0.05, 0) is 42.0 Å². The molecule has 1 N–H and O–H groups in total. The van der Waals surface area contributed by atoms with Crippen LogP contribution in [0.3, 0.4) is 0 Å². The molecule has 0 radical (unpaired) electrons. The molecule has 0 saturated carbocycles. The predicted molar refractivity (Wildman–Crippen MR) is 115 cm³/mol. The van der Waals surface area contributed by atoms with Crippen LogP contribution in [0, 0.1) is 0 Å². The summed E-state index contributed by atoms with van der Waals surface area (Å²) < 4.78 is 1.53. The first-order valence-corrected chi connectivity index (χ1v) is 9.46. The van der Waals surface area contributed by atoms with Gasteiger partial charge in [-0.2, -0.15) is 0 Å². The first-order valence-electron chi connectivity index (χ1n) is 9.09. The number of H-pyrrole nitrogens is 1. The average molecular weight is 399 g/mol. The van der Waals surface area contributed by atoms with Crippen molar-refractivity contribution in [2.75, 3.05) is 0 Å². The monoisotopic (exact) mass is 398 g/mol. The van der Waals surface area contributed by atoms with Gasteiger partial charge in [-0.25, -0.2) is 14.5 Å². The van der Waals surface area contributed by atoms with E-state index in [0.717, 1.165) is 16.8 Å². The zero-order valence-corrected chi connectivity index (χ0v) is 16.0. The molecule has 140 valence electrons. The number of para-hydroxylation sites is 1.